The van der Waals surface area contributed by atoms with Gasteiger partial charge in [-0.1, -0.05) is 12.1 Å². The van der Waals surface area contributed by atoms with E-state index in [2.05, 4.69) is 5.32 Å². The molecule has 0 spiro atoms. The predicted molar refractivity (Wildman–Crippen MR) is 73.2 cm³/mol. The summed E-state index contributed by atoms with van der Waals surface area (Å²) in [4.78, 5) is 2.01. The molecule has 20 heavy (non-hydrogen) atoms. The van der Waals surface area contributed by atoms with Crippen molar-refractivity contribution in [2.24, 2.45) is 0 Å². The molecule has 0 radical (unpaired) electrons. The highest BCUT2D eigenvalue weighted by atomic mass is 19.2. The third kappa shape index (κ3) is 3.43. The standard InChI is InChI=1S/C15H18F2N2O/c1-19(2)13(14-7-4-8-20-14)10-18-9-11-5-3-6-12(16)15(11)17/h3-8,13,18H,9-10H2,1-2H3. The van der Waals surface area contributed by atoms with Crippen LogP contribution in [0.4, 0.5) is 8.78 Å². The van der Waals surface area contributed by atoms with Crippen LogP contribution in [0.15, 0.2) is 41.0 Å². The molecule has 0 amide bonds. The van der Waals surface area contributed by atoms with E-state index < -0.39 is 11.6 Å². The van der Waals surface area contributed by atoms with E-state index in [1.807, 2.05) is 31.1 Å². The Kier molecular flexibility index (Phi) is 4.87. The van der Waals surface area contributed by atoms with Crippen LogP contribution in [-0.2, 0) is 6.54 Å². The summed E-state index contributed by atoms with van der Waals surface area (Å²) in [5.41, 5.74) is 0.321. The summed E-state index contributed by atoms with van der Waals surface area (Å²) < 4.78 is 32.0. The second kappa shape index (κ2) is 6.63. The number of nitrogens with one attached hydrogen (secondary N) is 1. The number of hydrogen-bond donors (Lipinski definition) is 1. The van der Waals surface area contributed by atoms with Gasteiger partial charge in [0.15, 0.2) is 11.6 Å². The smallest absolute Gasteiger partial charge is 0.163 e. The van der Waals surface area contributed by atoms with Gasteiger partial charge >= 0.3 is 0 Å². The fraction of sp³-hybridized carbons (Fsp3) is 0.333. The van der Waals surface area contributed by atoms with Crippen LogP contribution in [0.1, 0.15) is 17.4 Å². The summed E-state index contributed by atoms with van der Waals surface area (Å²) in [6.07, 6.45) is 1.62. The lowest BCUT2D eigenvalue weighted by Crippen LogP contribution is -2.30. The van der Waals surface area contributed by atoms with Gasteiger partial charge in [0.25, 0.3) is 0 Å². The maximum absolute atomic E-state index is 13.5. The second-order valence-corrected chi connectivity index (χ2v) is 4.84. The number of nitrogens with zero attached hydrogens (tertiary/aromatic N) is 1. The van der Waals surface area contributed by atoms with E-state index in [1.165, 1.54) is 6.07 Å². The topological polar surface area (TPSA) is 28.4 Å². The lowest BCUT2D eigenvalue weighted by molar-refractivity contribution is 0.250. The van der Waals surface area contributed by atoms with E-state index in [9.17, 15) is 8.78 Å². The lowest BCUT2D eigenvalue weighted by atomic mass is 10.1. The first-order valence-electron chi connectivity index (χ1n) is 6.43. The molecule has 0 saturated carbocycles. The Morgan fingerprint density at radius 1 is 1.20 bits per heavy atom. The summed E-state index contributed by atoms with van der Waals surface area (Å²) in [5.74, 6) is -0.777. The molecule has 1 heterocycles. The SMILES string of the molecule is CN(C)C(CNCc1cccc(F)c1F)c1ccco1. The van der Waals surface area contributed by atoms with Crippen molar-refractivity contribution in [2.45, 2.75) is 12.6 Å². The van der Waals surface area contributed by atoms with Gasteiger partial charge in [-0.3, -0.25) is 4.90 Å². The molecule has 0 aliphatic rings. The van der Waals surface area contributed by atoms with Crippen LogP contribution in [0.25, 0.3) is 0 Å². The Bertz CT molecular complexity index is 541. The second-order valence-electron chi connectivity index (χ2n) is 4.84. The molecule has 1 aromatic carbocycles. The molecule has 3 nitrogen and oxygen atoms in total. The molecular formula is C15H18F2N2O. The average Bonchev–Trinajstić information content (AvgIpc) is 2.92. The summed E-state index contributed by atoms with van der Waals surface area (Å²) >= 11 is 0. The first kappa shape index (κ1) is 14.7. The molecule has 2 aromatic rings. The summed E-state index contributed by atoms with van der Waals surface area (Å²) in [6, 6.07) is 7.97. The van der Waals surface area contributed by atoms with Gasteiger partial charge in [0.2, 0.25) is 0 Å². The number of furan rings is 1. The van der Waals surface area contributed by atoms with E-state index >= 15 is 0 Å². The van der Waals surface area contributed by atoms with Crippen molar-refractivity contribution in [3.05, 3.63) is 59.6 Å². The first-order valence-corrected chi connectivity index (χ1v) is 6.43. The van der Waals surface area contributed by atoms with Crippen molar-refractivity contribution in [3.8, 4) is 0 Å². The van der Waals surface area contributed by atoms with E-state index in [1.54, 1.807) is 12.3 Å². The van der Waals surface area contributed by atoms with Crippen molar-refractivity contribution in [3.63, 3.8) is 0 Å². The molecule has 0 fully saturated rings. The van der Waals surface area contributed by atoms with Gasteiger partial charge in [0.05, 0.1) is 12.3 Å². The zero-order chi connectivity index (χ0) is 14.5. The fourth-order valence-electron chi connectivity index (χ4n) is 2.05. The van der Waals surface area contributed by atoms with Crippen molar-refractivity contribution in [1.29, 1.82) is 0 Å². The molecule has 5 heteroatoms. The molecule has 1 atom stereocenters. The number of benzene rings is 1. The molecular weight excluding hydrogens is 262 g/mol. The monoisotopic (exact) mass is 280 g/mol. The highest BCUT2D eigenvalue weighted by Crippen LogP contribution is 2.18. The van der Waals surface area contributed by atoms with Crippen LogP contribution >= 0.6 is 0 Å². The van der Waals surface area contributed by atoms with Crippen LogP contribution in [0.2, 0.25) is 0 Å². The van der Waals surface area contributed by atoms with Crippen LogP contribution in [0.5, 0.6) is 0 Å². The van der Waals surface area contributed by atoms with Gasteiger partial charge in [-0.25, -0.2) is 8.78 Å². The minimum Gasteiger partial charge on any atom is -0.468 e. The van der Waals surface area contributed by atoms with Gasteiger partial charge in [-0.2, -0.15) is 0 Å². The quantitative estimate of drug-likeness (QED) is 0.882. The summed E-state index contributed by atoms with van der Waals surface area (Å²) in [5, 5.41) is 3.13. The van der Waals surface area contributed by atoms with Gasteiger partial charge in [-0.15, -0.1) is 0 Å². The zero-order valence-corrected chi connectivity index (χ0v) is 11.6. The number of rotatable bonds is 6. The van der Waals surface area contributed by atoms with Gasteiger partial charge < -0.3 is 9.73 Å². The third-order valence-electron chi connectivity index (χ3n) is 3.18. The molecule has 1 unspecified atom stereocenters. The highest BCUT2D eigenvalue weighted by Gasteiger charge is 2.16. The maximum Gasteiger partial charge on any atom is 0.163 e. The van der Waals surface area contributed by atoms with Crippen molar-refractivity contribution in [1.82, 2.24) is 10.2 Å². The van der Waals surface area contributed by atoms with Crippen LogP contribution < -0.4 is 5.32 Å². The number of likely N-dealkylation sites (N-methyl/N-ethyl adjacent to an activating group) is 1. The highest BCUT2D eigenvalue weighted by molar-refractivity contribution is 5.18. The molecule has 0 aliphatic carbocycles. The fourth-order valence-corrected chi connectivity index (χ4v) is 2.05. The molecule has 108 valence electrons. The van der Waals surface area contributed by atoms with E-state index in [-0.39, 0.29) is 12.6 Å². The Balaban J connectivity index is 1.96. The molecule has 0 bridgehead atoms. The molecule has 1 N–H and O–H groups in total. The minimum atomic E-state index is -0.820. The predicted octanol–water partition coefficient (Wildman–Crippen LogP) is 2.95. The average molecular weight is 280 g/mol. The Morgan fingerprint density at radius 2 is 2.00 bits per heavy atom. The molecule has 0 saturated heterocycles. The van der Waals surface area contributed by atoms with Gasteiger partial charge in [0.1, 0.15) is 5.76 Å². The van der Waals surface area contributed by atoms with Crippen LogP contribution in [-0.4, -0.2) is 25.5 Å². The molecule has 1 aromatic heterocycles. The van der Waals surface area contributed by atoms with Crippen molar-refractivity contribution < 1.29 is 13.2 Å². The summed E-state index contributed by atoms with van der Waals surface area (Å²) in [6.45, 7) is 0.852. The largest absolute Gasteiger partial charge is 0.468 e. The summed E-state index contributed by atoms with van der Waals surface area (Å²) in [7, 11) is 3.88. The van der Waals surface area contributed by atoms with E-state index in [4.69, 9.17) is 4.42 Å². The van der Waals surface area contributed by atoms with Crippen molar-refractivity contribution >= 4 is 0 Å². The van der Waals surface area contributed by atoms with E-state index in [0.717, 1.165) is 11.8 Å². The Labute approximate surface area is 117 Å². The van der Waals surface area contributed by atoms with Crippen molar-refractivity contribution in [2.75, 3.05) is 20.6 Å². The zero-order valence-electron chi connectivity index (χ0n) is 11.6. The molecule has 2 rings (SSSR count). The Morgan fingerprint density at radius 3 is 2.65 bits per heavy atom. The third-order valence-corrected chi connectivity index (χ3v) is 3.18. The maximum atomic E-state index is 13.5. The van der Waals surface area contributed by atoms with Gasteiger partial charge in [-0.05, 0) is 32.3 Å². The van der Waals surface area contributed by atoms with Crippen LogP contribution in [0, 0.1) is 11.6 Å². The van der Waals surface area contributed by atoms with Gasteiger partial charge in [0, 0.05) is 18.7 Å². The number of hydrogen-bond acceptors (Lipinski definition) is 3. The van der Waals surface area contributed by atoms with Crippen LogP contribution in [0.3, 0.4) is 0 Å². The Hall–Kier alpha value is -1.72. The normalized spacial score (nSPS) is 12.8. The lowest BCUT2D eigenvalue weighted by Gasteiger charge is -2.22. The first-order chi connectivity index (χ1) is 9.59. The number of halogens is 2. The molecule has 0 aliphatic heterocycles. The minimum absolute atomic E-state index is 0.0432. The van der Waals surface area contributed by atoms with E-state index in [0.29, 0.717) is 12.1 Å².